The summed E-state index contributed by atoms with van der Waals surface area (Å²) in [6, 6.07) is 12.1. The van der Waals surface area contributed by atoms with Crippen LogP contribution in [-0.2, 0) is 24.2 Å². The highest BCUT2D eigenvalue weighted by molar-refractivity contribution is 5.93. The summed E-state index contributed by atoms with van der Waals surface area (Å²) >= 11 is 0. The Morgan fingerprint density at radius 1 is 0.851 bits per heavy atom. The Bertz CT molecular complexity index is 1710. The maximum absolute atomic E-state index is 12.5. The predicted octanol–water partition coefficient (Wildman–Crippen LogP) is 7.23. The molecule has 0 bridgehead atoms. The van der Waals surface area contributed by atoms with E-state index in [2.05, 4.69) is 44.9 Å². The number of unbranched alkanes of at least 4 members (excludes halogenated alkanes) is 3. The highest BCUT2D eigenvalue weighted by Crippen LogP contribution is 2.39. The third-order valence-electron chi connectivity index (χ3n) is 8.72. The van der Waals surface area contributed by atoms with E-state index in [0.717, 1.165) is 78.9 Å². The summed E-state index contributed by atoms with van der Waals surface area (Å²) in [5.74, 6) is 1.35. The van der Waals surface area contributed by atoms with Gasteiger partial charge < -0.3 is 24.8 Å². The number of carbonyl (C=O) groups is 1. The van der Waals surface area contributed by atoms with Crippen molar-refractivity contribution in [2.24, 2.45) is 0 Å². The van der Waals surface area contributed by atoms with E-state index in [4.69, 9.17) is 19.2 Å². The molecule has 4 aromatic rings. The zero-order valence-corrected chi connectivity index (χ0v) is 28.4. The van der Waals surface area contributed by atoms with Crippen LogP contribution in [0.2, 0.25) is 0 Å². The Morgan fingerprint density at radius 3 is 2.32 bits per heavy atom. The van der Waals surface area contributed by atoms with E-state index in [1.54, 1.807) is 20.3 Å². The minimum absolute atomic E-state index is 0.136. The Balaban J connectivity index is 1.06. The first-order valence-electron chi connectivity index (χ1n) is 16.7. The van der Waals surface area contributed by atoms with Gasteiger partial charge in [-0.1, -0.05) is 31.0 Å². The molecule has 0 fully saturated rings. The number of hydrogen-bond acceptors (Lipinski definition) is 8. The van der Waals surface area contributed by atoms with Crippen LogP contribution in [0.15, 0.2) is 42.5 Å². The standard InChI is InChI=1S/C38H47N5O4/c1-25-26(2)42-33(27(3)41-25)24-47-38-34(45-4)22-28(23-35(38)46-5)18-19-36(44)39-20-12-6-7-13-21-40-37-29-14-8-10-16-31(29)43-32-17-11-9-15-30(32)37/h8,10,14,16,18-19,22-23H,6-7,9,11-13,15,17,20-21,24H2,1-5H3,(H,39,44)(H,40,43)/b19-18+. The number of fused-ring (bicyclic) bond motifs is 2. The molecule has 1 aliphatic carbocycles. The quantitative estimate of drug-likeness (QED) is 0.104. The van der Waals surface area contributed by atoms with Crippen LogP contribution in [0.25, 0.3) is 17.0 Å². The highest BCUT2D eigenvalue weighted by atomic mass is 16.5. The number of nitrogens with zero attached hydrogens (tertiary/aromatic N) is 3. The van der Waals surface area contributed by atoms with Crippen LogP contribution in [0, 0.1) is 20.8 Å². The number of nitrogens with one attached hydrogen (secondary N) is 2. The van der Waals surface area contributed by atoms with Gasteiger partial charge in [0.15, 0.2) is 11.5 Å². The number of benzene rings is 2. The van der Waals surface area contributed by atoms with E-state index in [9.17, 15) is 4.79 Å². The lowest BCUT2D eigenvalue weighted by atomic mass is 9.92. The van der Waals surface area contributed by atoms with Crippen LogP contribution >= 0.6 is 0 Å². The molecule has 0 saturated carbocycles. The number of hydrogen-bond donors (Lipinski definition) is 2. The highest BCUT2D eigenvalue weighted by Gasteiger charge is 2.18. The number of amides is 1. The summed E-state index contributed by atoms with van der Waals surface area (Å²) in [6.07, 6.45) is 12.1. The molecular weight excluding hydrogens is 590 g/mol. The van der Waals surface area contributed by atoms with Gasteiger partial charge in [-0.3, -0.25) is 19.7 Å². The molecule has 0 atom stereocenters. The molecule has 1 aliphatic rings. The normalized spacial score (nSPS) is 12.6. The molecule has 0 spiro atoms. The first-order chi connectivity index (χ1) is 22.9. The van der Waals surface area contributed by atoms with Crippen LogP contribution < -0.4 is 24.8 Å². The second kappa shape index (κ2) is 16.3. The first-order valence-corrected chi connectivity index (χ1v) is 16.7. The zero-order chi connectivity index (χ0) is 33.2. The lowest BCUT2D eigenvalue weighted by Crippen LogP contribution is -2.22. The Hall–Kier alpha value is -4.66. The summed E-state index contributed by atoms with van der Waals surface area (Å²) in [5, 5.41) is 7.97. The number of anilines is 1. The summed E-state index contributed by atoms with van der Waals surface area (Å²) in [5.41, 5.74) is 9.15. The Labute approximate surface area is 278 Å². The van der Waals surface area contributed by atoms with Gasteiger partial charge in [0.2, 0.25) is 11.7 Å². The van der Waals surface area contributed by atoms with Crippen molar-refractivity contribution in [3.63, 3.8) is 0 Å². The largest absolute Gasteiger partial charge is 0.493 e. The second-order valence-corrected chi connectivity index (χ2v) is 12.1. The molecule has 47 heavy (non-hydrogen) atoms. The van der Waals surface area contributed by atoms with Gasteiger partial charge in [0, 0.05) is 35.9 Å². The average Bonchev–Trinajstić information content (AvgIpc) is 3.08. The molecule has 2 heterocycles. The molecule has 9 heteroatoms. The number of methoxy groups -OCH3 is 2. The van der Waals surface area contributed by atoms with Crippen molar-refractivity contribution in [1.82, 2.24) is 20.3 Å². The van der Waals surface area contributed by atoms with Gasteiger partial charge >= 0.3 is 0 Å². The second-order valence-electron chi connectivity index (χ2n) is 12.1. The molecule has 9 nitrogen and oxygen atoms in total. The van der Waals surface area contributed by atoms with E-state index < -0.39 is 0 Å². The molecule has 5 rings (SSSR count). The van der Waals surface area contributed by atoms with Crippen LogP contribution in [0.5, 0.6) is 17.2 Å². The predicted molar refractivity (Wildman–Crippen MR) is 188 cm³/mol. The Morgan fingerprint density at radius 2 is 1.55 bits per heavy atom. The van der Waals surface area contributed by atoms with Crippen molar-refractivity contribution in [3.05, 3.63) is 82.1 Å². The van der Waals surface area contributed by atoms with E-state index in [1.165, 1.54) is 41.2 Å². The molecule has 248 valence electrons. The molecule has 0 radical (unpaired) electrons. The monoisotopic (exact) mass is 637 g/mol. The number of pyridine rings is 1. The minimum atomic E-state index is -0.136. The molecule has 2 N–H and O–H groups in total. The van der Waals surface area contributed by atoms with Crippen molar-refractivity contribution in [3.8, 4) is 17.2 Å². The number of ether oxygens (including phenoxy) is 3. The summed E-state index contributed by atoms with van der Waals surface area (Å²) in [6.45, 7) is 7.59. The summed E-state index contributed by atoms with van der Waals surface area (Å²) in [4.78, 5) is 26.6. The third kappa shape index (κ3) is 8.58. The van der Waals surface area contributed by atoms with Crippen molar-refractivity contribution in [2.45, 2.75) is 78.7 Å². The Kier molecular flexibility index (Phi) is 11.7. The topological polar surface area (TPSA) is 107 Å². The number of para-hydroxylation sites is 1. The maximum Gasteiger partial charge on any atom is 0.243 e. The van der Waals surface area contributed by atoms with Gasteiger partial charge in [-0.05, 0) is 94.7 Å². The first kappa shape index (κ1) is 33.7. The van der Waals surface area contributed by atoms with E-state index in [0.29, 0.717) is 23.8 Å². The maximum atomic E-state index is 12.5. The number of rotatable bonds is 15. The lowest BCUT2D eigenvalue weighted by molar-refractivity contribution is -0.116. The van der Waals surface area contributed by atoms with Crippen molar-refractivity contribution >= 4 is 28.6 Å². The fourth-order valence-electron chi connectivity index (χ4n) is 6.01. The molecule has 2 aromatic heterocycles. The molecule has 2 aromatic carbocycles. The zero-order valence-electron chi connectivity index (χ0n) is 28.4. The van der Waals surface area contributed by atoms with Crippen LogP contribution in [0.4, 0.5) is 5.69 Å². The smallest absolute Gasteiger partial charge is 0.243 e. The molecule has 0 unspecified atom stereocenters. The molecule has 1 amide bonds. The van der Waals surface area contributed by atoms with Crippen molar-refractivity contribution in [2.75, 3.05) is 32.6 Å². The van der Waals surface area contributed by atoms with Crippen LogP contribution in [0.3, 0.4) is 0 Å². The average molecular weight is 638 g/mol. The molecular formula is C38H47N5O4. The van der Waals surface area contributed by atoms with Crippen LogP contribution in [-0.4, -0.2) is 48.2 Å². The van der Waals surface area contributed by atoms with Gasteiger partial charge in [0.25, 0.3) is 0 Å². The van der Waals surface area contributed by atoms with Gasteiger partial charge in [-0.25, -0.2) is 0 Å². The van der Waals surface area contributed by atoms with Gasteiger partial charge in [0.1, 0.15) is 6.61 Å². The van der Waals surface area contributed by atoms with Crippen molar-refractivity contribution < 1.29 is 19.0 Å². The number of aromatic nitrogens is 3. The number of carbonyl (C=O) groups excluding carboxylic acids is 1. The minimum Gasteiger partial charge on any atom is -0.493 e. The fourth-order valence-corrected chi connectivity index (χ4v) is 6.01. The molecule has 0 saturated heterocycles. The van der Waals surface area contributed by atoms with Gasteiger partial charge in [-0.2, -0.15) is 0 Å². The van der Waals surface area contributed by atoms with Gasteiger partial charge in [0.05, 0.1) is 42.5 Å². The van der Waals surface area contributed by atoms with Crippen LogP contribution in [0.1, 0.15) is 78.1 Å². The third-order valence-corrected chi connectivity index (χ3v) is 8.72. The fraction of sp³-hybridized carbons (Fsp3) is 0.421. The van der Waals surface area contributed by atoms with E-state index in [-0.39, 0.29) is 12.5 Å². The number of aryl methyl sites for hydroxylation is 4. The summed E-state index contributed by atoms with van der Waals surface area (Å²) in [7, 11) is 3.15. The molecule has 0 aliphatic heterocycles. The van der Waals surface area contributed by atoms with E-state index in [1.807, 2.05) is 32.9 Å². The van der Waals surface area contributed by atoms with Crippen molar-refractivity contribution in [1.29, 1.82) is 0 Å². The lowest BCUT2D eigenvalue weighted by Gasteiger charge is -2.21. The van der Waals surface area contributed by atoms with E-state index >= 15 is 0 Å². The van der Waals surface area contributed by atoms with Gasteiger partial charge in [-0.15, -0.1) is 0 Å². The summed E-state index contributed by atoms with van der Waals surface area (Å²) < 4.78 is 17.3. The SMILES string of the molecule is COc1cc(/C=C/C(=O)NCCCCCCNc2c3c(nc4ccccc24)CCCC3)cc(OC)c1OCc1nc(C)c(C)nc1C.